The summed E-state index contributed by atoms with van der Waals surface area (Å²) in [5.74, 6) is 0.0240. The fourth-order valence-electron chi connectivity index (χ4n) is 2.53. The zero-order chi connectivity index (χ0) is 22.7. The van der Waals surface area contributed by atoms with Gasteiger partial charge in [0.2, 0.25) is 0 Å². The van der Waals surface area contributed by atoms with Gasteiger partial charge >= 0.3 is 6.03 Å². The van der Waals surface area contributed by atoms with Crippen LogP contribution in [0.5, 0.6) is 0 Å². The molecule has 0 aliphatic heterocycles. The van der Waals surface area contributed by atoms with Crippen molar-refractivity contribution in [1.82, 2.24) is 14.8 Å². The predicted octanol–water partition coefficient (Wildman–Crippen LogP) is 3.73. The zero-order valence-corrected chi connectivity index (χ0v) is 16.1. The largest absolute Gasteiger partial charge is 0.330 e. The molecule has 2 amide bonds. The highest BCUT2D eigenvalue weighted by molar-refractivity contribution is 5.90. The molecule has 24 heavy (non-hydrogen) atoms. The van der Waals surface area contributed by atoms with E-state index in [1.807, 2.05) is 0 Å². The summed E-state index contributed by atoms with van der Waals surface area (Å²) in [6.45, 7) is 3.87. The van der Waals surface area contributed by atoms with Crippen LogP contribution in [0.15, 0.2) is 12.1 Å². The number of anilines is 1. The molecule has 0 saturated carbocycles. The number of amides is 2. The van der Waals surface area contributed by atoms with E-state index in [1.165, 1.54) is 15.9 Å². The van der Waals surface area contributed by atoms with Crippen LogP contribution in [0, 0.1) is 13.7 Å². The minimum Gasteiger partial charge on any atom is -0.330 e. The molecular formula is C18H33ClN4O. The molecular weight excluding hydrogens is 324 g/mol. The molecule has 0 radical (unpaired) electrons. The Morgan fingerprint density at radius 2 is 1.75 bits per heavy atom. The number of nitrogens with zero attached hydrogens (tertiary/aromatic N) is 4. The highest BCUT2D eigenvalue weighted by Gasteiger charge is 2.22. The van der Waals surface area contributed by atoms with Gasteiger partial charge in [-0.15, -0.1) is 12.4 Å². The third-order valence-corrected chi connectivity index (χ3v) is 3.61. The Hall–Kier alpha value is -1.33. The van der Waals surface area contributed by atoms with E-state index in [2.05, 4.69) is 37.6 Å². The lowest BCUT2D eigenvalue weighted by Crippen LogP contribution is -2.47. The highest BCUT2D eigenvalue weighted by Crippen LogP contribution is 2.17. The molecule has 0 fully saturated rings. The minimum atomic E-state index is -2.59. The Labute approximate surface area is 161 Å². The molecule has 0 aromatic carbocycles. The summed E-state index contributed by atoms with van der Waals surface area (Å²) in [5, 5.41) is 0. The average molecular weight is 363 g/mol. The van der Waals surface area contributed by atoms with E-state index in [4.69, 9.17) is 8.22 Å². The summed E-state index contributed by atoms with van der Waals surface area (Å²) in [4.78, 5) is 21.8. The highest BCUT2D eigenvalue weighted by atomic mass is 35.5. The first-order valence-corrected chi connectivity index (χ1v) is 7.83. The van der Waals surface area contributed by atoms with Crippen LogP contribution in [0.4, 0.5) is 10.6 Å². The van der Waals surface area contributed by atoms with Crippen molar-refractivity contribution in [1.29, 1.82) is 0 Å². The Kier molecular flexibility index (Phi) is 5.70. The Balaban J connectivity index is 0.00000841. The van der Waals surface area contributed by atoms with Crippen LogP contribution in [0.2, 0.25) is 0 Å². The third-order valence-electron chi connectivity index (χ3n) is 3.61. The molecule has 0 bridgehead atoms. The molecule has 0 saturated heterocycles. The number of carbonyl (C=O) groups is 1. The van der Waals surface area contributed by atoms with Gasteiger partial charge in [-0.1, -0.05) is 0 Å². The molecule has 1 aromatic rings. The summed E-state index contributed by atoms with van der Waals surface area (Å²) >= 11 is 0. The Morgan fingerprint density at radius 1 is 1.12 bits per heavy atom. The van der Waals surface area contributed by atoms with E-state index in [9.17, 15) is 4.79 Å². The van der Waals surface area contributed by atoms with Gasteiger partial charge in [0.1, 0.15) is 5.82 Å². The van der Waals surface area contributed by atoms with E-state index in [1.54, 1.807) is 14.1 Å². The molecule has 0 N–H and O–H groups in total. The van der Waals surface area contributed by atoms with Crippen LogP contribution in [-0.4, -0.2) is 60.1 Å². The number of hydrogen-bond donors (Lipinski definition) is 0. The lowest BCUT2D eigenvalue weighted by molar-refractivity contribution is 0.177. The second-order valence-corrected chi connectivity index (χ2v) is 6.35. The molecule has 1 heterocycles. The van der Waals surface area contributed by atoms with Gasteiger partial charge < -0.3 is 4.90 Å². The second-order valence-electron chi connectivity index (χ2n) is 6.35. The van der Waals surface area contributed by atoms with Crippen molar-refractivity contribution < 1.29 is 13.0 Å². The maximum absolute atomic E-state index is 12.8. The van der Waals surface area contributed by atoms with Gasteiger partial charge in [-0.2, -0.15) is 0 Å². The molecule has 5 nitrogen and oxygen atoms in total. The molecule has 1 aromatic heterocycles. The maximum atomic E-state index is 12.8. The molecule has 6 heteroatoms. The topological polar surface area (TPSA) is 39.7 Å². The normalized spacial score (nSPS) is 15.7. The maximum Gasteiger partial charge on any atom is 0.325 e. The second kappa shape index (κ2) is 9.84. The van der Waals surface area contributed by atoms with Crippen molar-refractivity contribution in [3.63, 3.8) is 0 Å². The number of pyridine rings is 1. The number of urea groups is 1. The smallest absolute Gasteiger partial charge is 0.325 e. The molecule has 0 aliphatic carbocycles. The monoisotopic (exact) mass is 362 g/mol. The number of rotatable bonds is 6. The van der Waals surface area contributed by atoms with Crippen LogP contribution in [0.1, 0.15) is 47.2 Å². The van der Waals surface area contributed by atoms with Crippen molar-refractivity contribution in [3.05, 3.63) is 23.4 Å². The number of hydrogen-bond acceptors (Lipinski definition) is 3. The number of aryl methyl sites for hydroxylation is 2. The zero-order valence-electron chi connectivity index (χ0n) is 21.3. The third kappa shape index (κ3) is 6.29. The molecule has 0 atom stereocenters. The van der Waals surface area contributed by atoms with Gasteiger partial charge in [0.25, 0.3) is 0 Å². The lowest BCUT2D eigenvalue weighted by atomic mass is 10.2. The van der Waals surface area contributed by atoms with E-state index >= 15 is 0 Å². The molecule has 0 spiro atoms. The van der Waals surface area contributed by atoms with E-state index < -0.39 is 19.7 Å². The van der Waals surface area contributed by atoms with Crippen LogP contribution >= 0.6 is 12.4 Å². The summed E-state index contributed by atoms with van der Waals surface area (Å²) in [5.41, 5.74) is -0.503. The summed E-state index contributed by atoms with van der Waals surface area (Å²) in [7, 11) is 3.16. The summed E-state index contributed by atoms with van der Waals surface area (Å²) < 4.78 is 46.0. The number of halogens is 1. The minimum absolute atomic E-state index is 0. The fraction of sp³-hybridized carbons (Fsp3) is 0.667. The van der Waals surface area contributed by atoms with Crippen molar-refractivity contribution in [2.24, 2.45) is 0 Å². The summed E-state index contributed by atoms with van der Waals surface area (Å²) in [6, 6.07) is 2.43. The van der Waals surface area contributed by atoms with Gasteiger partial charge in [0.15, 0.2) is 0 Å². The first-order chi connectivity index (χ1) is 13.1. The standard InChI is InChI=1S/C18H32N4O.ClH/c1-13(2)21(14(3)4)9-10-22(18(23)20(7)8)17-12-15(5)11-16(6)19-17;/h11-14H,9-10H2,1-8H3;1H/i5D3,6D3;. The predicted molar refractivity (Wildman–Crippen MR) is 104 cm³/mol. The SMILES string of the molecule is Cl.[2H]C([2H])([2H])c1cc(N(CCN(C(C)C)C(C)C)C(=O)N(C)C)nc(C([2H])([2H])[2H])c1. The van der Waals surface area contributed by atoms with E-state index in [-0.39, 0.29) is 48.1 Å². The van der Waals surface area contributed by atoms with Crippen molar-refractivity contribution in [3.8, 4) is 0 Å². The lowest BCUT2D eigenvalue weighted by Gasteiger charge is -2.33. The van der Waals surface area contributed by atoms with E-state index in [0.29, 0.717) is 6.54 Å². The Morgan fingerprint density at radius 3 is 2.21 bits per heavy atom. The van der Waals surface area contributed by atoms with Crippen LogP contribution in [0.3, 0.4) is 0 Å². The fourth-order valence-corrected chi connectivity index (χ4v) is 2.53. The van der Waals surface area contributed by atoms with Gasteiger partial charge in [0, 0.05) is 53.2 Å². The van der Waals surface area contributed by atoms with Gasteiger partial charge in [-0.25, -0.2) is 9.78 Å². The quantitative estimate of drug-likeness (QED) is 0.774. The molecule has 0 aliphatic rings. The molecule has 138 valence electrons. The van der Waals surface area contributed by atoms with Gasteiger partial charge in [0.05, 0.1) is 0 Å². The number of carbonyl (C=O) groups excluding carboxylic acids is 1. The average Bonchev–Trinajstić information content (AvgIpc) is 2.55. The first-order valence-electron chi connectivity index (χ1n) is 10.8. The summed E-state index contributed by atoms with van der Waals surface area (Å²) in [6.07, 6.45) is 0. The number of aromatic nitrogens is 1. The van der Waals surface area contributed by atoms with Crippen molar-refractivity contribution >= 4 is 24.3 Å². The van der Waals surface area contributed by atoms with Gasteiger partial charge in [-0.3, -0.25) is 9.80 Å². The first kappa shape index (κ1) is 13.9. The van der Waals surface area contributed by atoms with Crippen LogP contribution in [-0.2, 0) is 0 Å². The molecule has 0 unspecified atom stereocenters. The molecule has 1 rings (SSSR count). The van der Waals surface area contributed by atoms with Crippen molar-refractivity contribution in [2.45, 2.75) is 53.5 Å². The van der Waals surface area contributed by atoms with Gasteiger partial charge in [-0.05, 0) is 59.1 Å². The Bertz CT molecular complexity index is 667. The van der Waals surface area contributed by atoms with Crippen LogP contribution in [0.25, 0.3) is 0 Å². The van der Waals surface area contributed by atoms with E-state index in [0.717, 1.165) is 6.07 Å². The van der Waals surface area contributed by atoms with Crippen LogP contribution < -0.4 is 4.90 Å². The van der Waals surface area contributed by atoms with Crippen molar-refractivity contribution in [2.75, 3.05) is 32.1 Å².